The molecule has 0 aliphatic heterocycles. The minimum Gasteiger partial charge on any atom is -0.495 e. The van der Waals surface area contributed by atoms with E-state index < -0.39 is 14.9 Å². The molecular weight excluding hydrogens is 362 g/mol. The van der Waals surface area contributed by atoms with E-state index in [1.54, 1.807) is 0 Å². The van der Waals surface area contributed by atoms with E-state index >= 15 is 0 Å². The summed E-state index contributed by atoms with van der Waals surface area (Å²) < 4.78 is 32.7. The van der Waals surface area contributed by atoms with Gasteiger partial charge in [-0.1, -0.05) is 6.07 Å². The number of amides is 1. The van der Waals surface area contributed by atoms with Crippen LogP contribution in [0.1, 0.15) is 12.5 Å². The van der Waals surface area contributed by atoms with Crippen LogP contribution in [0.5, 0.6) is 5.75 Å². The van der Waals surface area contributed by atoms with E-state index in [0.29, 0.717) is 5.75 Å². The van der Waals surface area contributed by atoms with E-state index in [1.165, 1.54) is 57.4 Å². The lowest BCUT2D eigenvalue weighted by Gasteiger charge is -2.13. The van der Waals surface area contributed by atoms with Crippen molar-refractivity contribution in [2.75, 3.05) is 17.1 Å². The fourth-order valence-electron chi connectivity index (χ4n) is 2.28. The van der Waals surface area contributed by atoms with E-state index in [1.807, 2.05) is 0 Å². The van der Waals surface area contributed by atoms with Crippen LogP contribution in [0.4, 0.5) is 17.1 Å². The number of rotatable bonds is 6. The quantitative estimate of drug-likeness (QED) is 0.587. The first-order valence-electron chi connectivity index (χ1n) is 7.38. The van der Waals surface area contributed by atoms with Gasteiger partial charge in [0.05, 0.1) is 33.9 Å². The maximum absolute atomic E-state index is 12.6. The number of benzene rings is 2. The summed E-state index contributed by atoms with van der Waals surface area (Å²) in [5.74, 6) is -0.0917. The Bertz CT molecular complexity index is 972. The maximum atomic E-state index is 12.6. The van der Waals surface area contributed by atoms with Crippen LogP contribution in [0.25, 0.3) is 0 Å². The predicted molar refractivity (Wildman–Crippen MR) is 95.9 cm³/mol. The number of hydrogen-bond donors (Lipinski definition) is 2. The van der Waals surface area contributed by atoms with Gasteiger partial charge in [-0.15, -0.1) is 0 Å². The molecule has 2 aromatic carbocycles. The van der Waals surface area contributed by atoms with Crippen LogP contribution in [-0.2, 0) is 14.8 Å². The minimum absolute atomic E-state index is 0.0936. The highest BCUT2D eigenvalue weighted by Gasteiger charge is 2.21. The van der Waals surface area contributed by atoms with Crippen LogP contribution in [0.2, 0.25) is 0 Å². The summed E-state index contributed by atoms with van der Waals surface area (Å²) in [6.45, 7) is 2.73. The van der Waals surface area contributed by atoms with Crippen molar-refractivity contribution in [3.05, 3.63) is 52.1 Å². The van der Waals surface area contributed by atoms with Gasteiger partial charge in [0.1, 0.15) is 5.75 Å². The molecule has 0 bridgehead atoms. The Hall–Kier alpha value is -3.14. The summed E-state index contributed by atoms with van der Waals surface area (Å²) in [7, 11) is -2.65. The van der Waals surface area contributed by atoms with Gasteiger partial charge in [-0.3, -0.25) is 19.6 Å². The molecule has 0 radical (unpaired) electrons. The fraction of sp³-hybridized carbons (Fsp3) is 0.188. The molecule has 0 aliphatic carbocycles. The first-order valence-corrected chi connectivity index (χ1v) is 8.86. The Morgan fingerprint density at radius 1 is 1.19 bits per heavy atom. The summed E-state index contributed by atoms with van der Waals surface area (Å²) in [6.07, 6.45) is 0. The molecule has 26 heavy (non-hydrogen) atoms. The lowest BCUT2D eigenvalue weighted by atomic mass is 10.2. The number of hydrogen-bond acceptors (Lipinski definition) is 6. The summed E-state index contributed by atoms with van der Waals surface area (Å²) in [5, 5.41) is 13.5. The second-order valence-electron chi connectivity index (χ2n) is 5.36. The molecule has 10 heteroatoms. The number of nitro benzene ring substituents is 1. The van der Waals surface area contributed by atoms with Crippen LogP contribution >= 0.6 is 0 Å². The fourth-order valence-corrected chi connectivity index (χ4v) is 3.43. The molecule has 138 valence electrons. The van der Waals surface area contributed by atoms with Crippen molar-refractivity contribution in [1.82, 2.24) is 0 Å². The van der Waals surface area contributed by atoms with Crippen molar-refractivity contribution in [3.63, 3.8) is 0 Å². The molecule has 1 amide bonds. The maximum Gasteiger partial charge on any atom is 0.274 e. The molecule has 0 unspecified atom stereocenters. The third kappa shape index (κ3) is 4.09. The largest absolute Gasteiger partial charge is 0.495 e. The molecular formula is C16H17N3O6S. The highest BCUT2D eigenvalue weighted by molar-refractivity contribution is 7.92. The number of carbonyl (C=O) groups is 1. The minimum atomic E-state index is -4.04. The molecule has 0 aromatic heterocycles. The van der Waals surface area contributed by atoms with Crippen molar-refractivity contribution in [3.8, 4) is 5.75 Å². The summed E-state index contributed by atoms with van der Waals surface area (Å²) in [6, 6.07) is 8.06. The number of nitrogens with one attached hydrogen (secondary N) is 2. The number of ether oxygens (including phenoxy) is 1. The normalized spacial score (nSPS) is 10.9. The van der Waals surface area contributed by atoms with Crippen LogP contribution in [-0.4, -0.2) is 26.4 Å². The van der Waals surface area contributed by atoms with Gasteiger partial charge >= 0.3 is 0 Å². The number of nitro groups is 1. The van der Waals surface area contributed by atoms with Gasteiger partial charge in [0.25, 0.3) is 15.7 Å². The Balaban J connectivity index is 2.44. The van der Waals surface area contributed by atoms with Crippen molar-refractivity contribution in [1.29, 1.82) is 0 Å². The zero-order valence-electron chi connectivity index (χ0n) is 14.3. The van der Waals surface area contributed by atoms with Crippen LogP contribution in [0.15, 0.2) is 41.3 Å². The summed E-state index contributed by atoms with van der Waals surface area (Å²) in [4.78, 5) is 21.6. The third-order valence-electron chi connectivity index (χ3n) is 3.54. The van der Waals surface area contributed by atoms with E-state index in [0.717, 1.165) is 0 Å². The molecule has 0 fully saturated rings. The molecule has 9 nitrogen and oxygen atoms in total. The zero-order valence-corrected chi connectivity index (χ0v) is 15.1. The average Bonchev–Trinajstić information content (AvgIpc) is 2.55. The molecule has 0 aliphatic rings. The second kappa shape index (κ2) is 7.40. The van der Waals surface area contributed by atoms with E-state index in [-0.39, 0.29) is 33.4 Å². The molecule has 0 heterocycles. The topological polar surface area (TPSA) is 128 Å². The number of nitrogens with zero attached hydrogens (tertiary/aromatic N) is 1. The smallest absolute Gasteiger partial charge is 0.274 e. The van der Waals surface area contributed by atoms with Crippen LogP contribution in [0.3, 0.4) is 0 Å². The SMILES string of the molecule is COc1ccc(S(=O)(=O)Nc2cccc([N+](=O)[O-])c2C)cc1NC(C)=O. The molecule has 0 atom stereocenters. The highest BCUT2D eigenvalue weighted by atomic mass is 32.2. The van der Waals surface area contributed by atoms with Crippen LogP contribution < -0.4 is 14.8 Å². The van der Waals surface area contributed by atoms with Gasteiger partial charge < -0.3 is 10.1 Å². The number of anilines is 2. The standard InChI is InChI=1S/C16H17N3O6S/c1-10-13(5-4-6-15(10)19(21)22)18-26(23,24)12-7-8-16(25-3)14(9-12)17-11(2)20/h4-9,18H,1-3H3,(H,17,20). The number of methoxy groups -OCH3 is 1. The van der Waals surface area contributed by atoms with Gasteiger partial charge in [0.2, 0.25) is 5.91 Å². The summed E-state index contributed by atoms with van der Waals surface area (Å²) >= 11 is 0. The van der Waals surface area contributed by atoms with Gasteiger partial charge in [-0.2, -0.15) is 0 Å². The Labute approximate surface area is 150 Å². The van der Waals surface area contributed by atoms with Gasteiger partial charge in [-0.05, 0) is 31.2 Å². The molecule has 0 spiro atoms. The van der Waals surface area contributed by atoms with Gasteiger partial charge in [0.15, 0.2) is 0 Å². The van der Waals surface area contributed by atoms with E-state index in [9.17, 15) is 23.3 Å². The lowest BCUT2D eigenvalue weighted by molar-refractivity contribution is -0.385. The van der Waals surface area contributed by atoms with Crippen molar-refractivity contribution >= 4 is 33.0 Å². The number of carbonyl (C=O) groups excluding carboxylic acids is 1. The molecule has 2 N–H and O–H groups in total. The first-order chi connectivity index (χ1) is 12.2. The van der Waals surface area contributed by atoms with Gasteiger partial charge in [0, 0.05) is 13.0 Å². The summed E-state index contributed by atoms with van der Waals surface area (Å²) in [5.41, 5.74) is 0.283. The van der Waals surface area contributed by atoms with Crippen LogP contribution in [0, 0.1) is 17.0 Å². The Morgan fingerprint density at radius 2 is 1.88 bits per heavy atom. The monoisotopic (exact) mass is 379 g/mol. The Kier molecular flexibility index (Phi) is 5.46. The molecule has 2 aromatic rings. The average molecular weight is 379 g/mol. The van der Waals surface area contributed by atoms with Crippen molar-refractivity contribution in [2.24, 2.45) is 0 Å². The van der Waals surface area contributed by atoms with Crippen molar-refractivity contribution in [2.45, 2.75) is 18.7 Å². The highest BCUT2D eigenvalue weighted by Crippen LogP contribution is 2.30. The second-order valence-corrected chi connectivity index (χ2v) is 7.04. The van der Waals surface area contributed by atoms with Gasteiger partial charge in [-0.25, -0.2) is 8.42 Å². The lowest BCUT2D eigenvalue weighted by Crippen LogP contribution is -2.15. The van der Waals surface area contributed by atoms with E-state index in [4.69, 9.17) is 4.74 Å². The van der Waals surface area contributed by atoms with Crippen molar-refractivity contribution < 1.29 is 22.9 Å². The molecule has 0 saturated heterocycles. The molecule has 0 saturated carbocycles. The first kappa shape index (κ1) is 19.2. The van der Waals surface area contributed by atoms with E-state index in [2.05, 4.69) is 10.0 Å². The zero-order chi connectivity index (χ0) is 19.5. The Morgan fingerprint density at radius 3 is 2.46 bits per heavy atom. The predicted octanol–water partition coefficient (Wildman–Crippen LogP) is 2.67. The number of sulfonamides is 1. The third-order valence-corrected chi connectivity index (χ3v) is 4.90. The molecule has 2 rings (SSSR count).